The number of benzene rings is 1. The van der Waals surface area contributed by atoms with Crippen molar-refractivity contribution in [3.8, 4) is 5.75 Å². The molecule has 0 amide bonds. The summed E-state index contributed by atoms with van der Waals surface area (Å²) < 4.78 is 52.5. The molecule has 132 valence electrons. The van der Waals surface area contributed by atoms with Gasteiger partial charge in [-0.2, -0.15) is 14.0 Å². The highest BCUT2D eigenvalue weighted by molar-refractivity contribution is 6.29. The van der Waals surface area contributed by atoms with Gasteiger partial charge in [0.15, 0.2) is 10.8 Å². The average molecular weight is 374 g/mol. The van der Waals surface area contributed by atoms with Crippen molar-refractivity contribution in [3.63, 3.8) is 0 Å². The van der Waals surface area contributed by atoms with Gasteiger partial charge < -0.3 is 4.74 Å². The molecule has 0 radical (unpaired) electrons. The van der Waals surface area contributed by atoms with E-state index in [0.717, 1.165) is 22.9 Å². The van der Waals surface area contributed by atoms with Gasteiger partial charge >= 0.3 is 6.36 Å². The van der Waals surface area contributed by atoms with E-state index >= 15 is 0 Å². The molecule has 2 heterocycles. The van der Waals surface area contributed by atoms with E-state index in [1.165, 1.54) is 30.5 Å². The monoisotopic (exact) mass is 373 g/mol. The maximum atomic E-state index is 13.2. The van der Waals surface area contributed by atoms with Crippen molar-refractivity contribution in [3.05, 3.63) is 59.3 Å². The highest BCUT2D eigenvalue weighted by Crippen LogP contribution is 2.42. The molecule has 1 saturated carbocycles. The van der Waals surface area contributed by atoms with Crippen molar-refractivity contribution in [1.82, 2.24) is 14.6 Å². The minimum Gasteiger partial charge on any atom is -0.406 e. The van der Waals surface area contributed by atoms with E-state index in [0.29, 0.717) is 16.7 Å². The molecule has 9 heteroatoms. The molecule has 1 aromatic carbocycles. The van der Waals surface area contributed by atoms with Gasteiger partial charge in [-0.15, -0.1) is 13.2 Å². The zero-order chi connectivity index (χ0) is 18.0. The summed E-state index contributed by atoms with van der Waals surface area (Å²) in [7, 11) is 0. The second kappa shape index (κ2) is 6.87. The van der Waals surface area contributed by atoms with Crippen LogP contribution in [-0.2, 0) is 0 Å². The van der Waals surface area contributed by atoms with Gasteiger partial charge in [-0.05, 0) is 37.0 Å². The summed E-state index contributed by atoms with van der Waals surface area (Å²) in [6.45, 7) is 0. The quantitative estimate of drug-likeness (QED) is 0.594. The van der Waals surface area contributed by atoms with Gasteiger partial charge in [0.1, 0.15) is 5.75 Å². The number of imidazole rings is 1. The average Bonchev–Trinajstić information content (AvgIpc) is 3.32. The first-order valence-electron chi connectivity index (χ1n) is 7.34. The topological polar surface area (TPSA) is 39.4 Å². The first-order chi connectivity index (χ1) is 11.8. The van der Waals surface area contributed by atoms with Crippen LogP contribution in [0.1, 0.15) is 24.3 Å². The number of alkyl halides is 3. The van der Waals surface area contributed by atoms with Crippen LogP contribution in [-0.4, -0.2) is 21.0 Å². The largest absolute Gasteiger partial charge is 0.573 e. The fraction of sp³-hybridized carbons (Fsp3) is 0.250. The summed E-state index contributed by atoms with van der Waals surface area (Å²) in [6.07, 6.45) is -1.17. The van der Waals surface area contributed by atoms with E-state index in [4.69, 9.17) is 11.6 Å². The van der Waals surface area contributed by atoms with Crippen molar-refractivity contribution < 1.29 is 22.3 Å². The van der Waals surface area contributed by atoms with Crippen LogP contribution in [0.3, 0.4) is 0 Å². The summed E-state index contributed by atoms with van der Waals surface area (Å²) in [5.41, 5.74) is 1.60. The zero-order valence-electron chi connectivity index (χ0n) is 12.7. The van der Waals surface area contributed by atoms with Gasteiger partial charge in [-0.25, -0.2) is 4.98 Å². The maximum absolute atomic E-state index is 13.2. The molecule has 0 bridgehead atoms. The van der Waals surface area contributed by atoms with Gasteiger partial charge in [-0.1, -0.05) is 29.8 Å². The Morgan fingerprint density at radius 2 is 1.84 bits per heavy atom. The van der Waals surface area contributed by atoms with Crippen molar-refractivity contribution >= 4 is 17.2 Å². The minimum absolute atomic E-state index is 0.194. The van der Waals surface area contributed by atoms with Crippen LogP contribution >= 0.6 is 11.6 Å². The predicted molar refractivity (Wildman–Crippen MR) is 83.1 cm³/mol. The molecule has 0 N–H and O–H groups in total. The Bertz CT molecular complexity index is 863. The molecular weight excluding hydrogens is 362 g/mol. The zero-order valence-corrected chi connectivity index (χ0v) is 13.4. The predicted octanol–water partition coefficient (Wildman–Crippen LogP) is 4.98. The lowest BCUT2D eigenvalue weighted by Crippen LogP contribution is -2.16. The van der Waals surface area contributed by atoms with Gasteiger partial charge in [0.2, 0.25) is 5.95 Å². The Morgan fingerprint density at radius 1 is 1.16 bits per heavy atom. The highest BCUT2D eigenvalue weighted by atomic mass is 35.5. The maximum Gasteiger partial charge on any atom is 0.573 e. The molecule has 0 atom stereocenters. The van der Waals surface area contributed by atoms with Gasteiger partial charge in [0.05, 0.1) is 6.20 Å². The normalized spacial score (nSPS) is 14.1. The van der Waals surface area contributed by atoms with Crippen molar-refractivity contribution in [2.45, 2.75) is 25.1 Å². The van der Waals surface area contributed by atoms with Gasteiger partial charge in [0, 0.05) is 5.56 Å². The molecule has 0 saturated heterocycles. The van der Waals surface area contributed by atoms with Crippen LogP contribution < -0.4 is 4.74 Å². The van der Waals surface area contributed by atoms with Crippen LogP contribution in [0.4, 0.5) is 17.6 Å². The third-order valence-electron chi connectivity index (χ3n) is 3.42. The highest BCUT2D eigenvalue weighted by Gasteiger charge is 2.30. The molecule has 3 aromatic rings. The van der Waals surface area contributed by atoms with Gasteiger partial charge in [0.25, 0.3) is 0 Å². The molecule has 2 aromatic heterocycles. The van der Waals surface area contributed by atoms with Gasteiger partial charge in [-0.3, -0.25) is 0 Å². The molecule has 4 rings (SSSR count). The Balaban J connectivity index is 0.000000151. The lowest BCUT2D eigenvalue weighted by Gasteiger charge is -2.07. The fourth-order valence-corrected chi connectivity index (χ4v) is 2.44. The summed E-state index contributed by atoms with van der Waals surface area (Å²) in [6, 6.07) is 8.83. The van der Waals surface area contributed by atoms with Crippen LogP contribution in [0.15, 0.2) is 42.6 Å². The first kappa shape index (κ1) is 17.5. The third-order valence-corrected chi connectivity index (χ3v) is 3.60. The molecule has 4 nitrogen and oxygen atoms in total. The lowest BCUT2D eigenvalue weighted by atomic mass is 10.2. The number of aromatic nitrogens is 3. The Morgan fingerprint density at radius 3 is 2.44 bits per heavy atom. The van der Waals surface area contributed by atoms with Crippen LogP contribution in [0.25, 0.3) is 5.65 Å². The van der Waals surface area contributed by atoms with E-state index in [1.807, 2.05) is 0 Å². The van der Waals surface area contributed by atoms with Crippen LogP contribution in [0, 0.1) is 5.95 Å². The van der Waals surface area contributed by atoms with Crippen molar-refractivity contribution in [1.29, 1.82) is 0 Å². The van der Waals surface area contributed by atoms with E-state index in [2.05, 4.69) is 14.8 Å². The summed E-state index contributed by atoms with van der Waals surface area (Å²) in [5.74, 6) is -0.177. The van der Waals surface area contributed by atoms with Crippen molar-refractivity contribution in [2.75, 3.05) is 0 Å². The van der Waals surface area contributed by atoms with E-state index in [-0.39, 0.29) is 5.75 Å². The van der Waals surface area contributed by atoms with E-state index < -0.39 is 12.3 Å². The summed E-state index contributed by atoms with van der Waals surface area (Å²) >= 11 is 5.80. The number of hydrogen-bond acceptors (Lipinski definition) is 3. The number of ether oxygens (including phenoxy) is 1. The second-order valence-electron chi connectivity index (χ2n) is 5.37. The number of halogens is 5. The standard InChI is InChI=1S/C9H7ClFN3.C7H5F3O/c10-7-3-6(5-1-2-5)9-12-4-8(11)14(9)13-7;8-7(9,10)11-6-4-2-1-3-5-6/h3-5H,1-2H2;1-5H. The Hall–Kier alpha value is -2.35. The molecule has 25 heavy (non-hydrogen) atoms. The number of para-hydroxylation sites is 1. The van der Waals surface area contributed by atoms with E-state index in [9.17, 15) is 17.6 Å². The number of fused-ring (bicyclic) bond motifs is 1. The Kier molecular flexibility index (Phi) is 4.80. The minimum atomic E-state index is -4.60. The number of hydrogen-bond donors (Lipinski definition) is 0. The molecule has 0 unspecified atom stereocenters. The smallest absolute Gasteiger partial charge is 0.406 e. The molecule has 0 spiro atoms. The fourth-order valence-electron chi connectivity index (χ4n) is 2.25. The van der Waals surface area contributed by atoms with Crippen LogP contribution in [0.2, 0.25) is 5.15 Å². The SMILES string of the molecule is FC(F)(F)Oc1ccccc1.Fc1cnc2c(C3CC3)cc(Cl)nn12. The van der Waals surface area contributed by atoms with Crippen molar-refractivity contribution in [2.24, 2.45) is 0 Å². The molecule has 1 aliphatic carbocycles. The molecule has 1 aliphatic rings. The first-order valence-corrected chi connectivity index (χ1v) is 7.72. The summed E-state index contributed by atoms with van der Waals surface area (Å²) in [5, 5.41) is 4.17. The molecular formula is C16H12ClF4N3O. The molecule has 0 aliphatic heterocycles. The van der Waals surface area contributed by atoms with E-state index in [1.54, 1.807) is 12.1 Å². The second-order valence-corrected chi connectivity index (χ2v) is 5.76. The number of nitrogens with zero attached hydrogens (tertiary/aromatic N) is 3. The molecule has 1 fully saturated rings. The lowest BCUT2D eigenvalue weighted by molar-refractivity contribution is -0.274. The number of rotatable bonds is 2. The third kappa shape index (κ3) is 4.60. The summed E-state index contributed by atoms with van der Waals surface area (Å²) in [4.78, 5) is 3.99. The van der Waals surface area contributed by atoms with Crippen LogP contribution in [0.5, 0.6) is 5.75 Å². The Labute approximate surface area is 145 Å².